The van der Waals surface area contributed by atoms with Crippen LogP contribution in [0.1, 0.15) is 35.6 Å². The van der Waals surface area contributed by atoms with Gasteiger partial charge in [-0.25, -0.2) is 0 Å². The van der Waals surface area contributed by atoms with Crippen LogP contribution >= 0.6 is 0 Å². The minimum absolute atomic E-state index is 0.266. The number of aryl methyl sites for hydroxylation is 1. The summed E-state index contributed by atoms with van der Waals surface area (Å²) in [4.78, 5) is 4.33. The summed E-state index contributed by atoms with van der Waals surface area (Å²) in [5.74, 6) is 3.14. The molecule has 1 fully saturated rings. The second kappa shape index (κ2) is 4.78. The maximum Gasteiger partial charge on any atom is 0.250 e. The third kappa shape index (κ3) is 2.36. The molecule has 5 nitrogen and oxygen atoms in total. The van der Waals surface area contributed by atoms with Gasteiger partial charge in [0, 0.05) is 18.6 Å². The van der Waals surface area contributed by atoms with Gasteiger partial charge >= 0.3 is 0 Å². The second-order valence-electron chi connectivity index (χ2n) is 4.33. The van der Waals surface area contributed by atoms with Crippen LogP contribution in [0, 0.1) is 6.92 Å². The van der Waals surface area contributed by atoms with Crippen molar-refractivity contribution in [2.75, 3.05) is 13.2 Å². The van der Waals surface area contributed by atoms with E-state index < -0.39 is 0 Å². The summed E-state index contributed by atoms with van der Waals surface area (Å²) < 4.78 is 15.9. The Hall–Kier alpha value is -1.88. The molecule has 0 aliphatic carbocycles. The molecule has 2 aromatic rings. The van der Waals surface area contributed by atoms with Crippen LogP contribution in [0.2, 0.25) is 0 Å². The maximum atomic E-state index is 5.42. The summed E-state index contributed by atoms with van der Waals surface area (Å²) >= 11 is 0. The van der Waals surface area contributed by atoms with Crippen LogP contribution in [-0.2, 0) is 4.74 Å². The molecule has 0 bridgehead atoms. The van der Waals surface area contributed by atoms with Gasteiger partial charge in [-0.3, -0.25) is 0 Å². The normalized spacial score (nSPS) is 19.9. The minimum Gasteiger partial charge on any atom is -0.462 e. The van der Waals surface area contributed by atoms with Gasteiger partial charge in [0.25, 0.3) is 5.89 Å². The van der Waals surface area contributed by atoms with Crippen LogP contribution in [0.15, 0.2) is 21.1 Å². The Morgan fingerprint density at radius 1 is 1.33 bits per heavy atom. The van der Waals surface area contributed by atoms with Gasteiger partial charge in [0.15, 0.2) is 5.82 Å². The van der Waals surface area contributed by atoms with Crippen molar-refractivity contribution in [3.05, 3.63) is 35.4 Å². The molecule has 5 heteroatoms. The fourth-order valence-electron chi connectivity index (χ4n) is 1.92. The van der Waals surface area contributed by atoms with Gasteiger partial charge < -0.3 is 13.7 Å². The van der Waals surface area contributed by atoms with Crippen molar-refractivity contribution in [1.82, 2.24) is 10.1 Å². The first-order valence-electron chi connectivity index (χ1n) is 5.97. The predicted octanol–water partition coefficient (Wildman–Crippen LogP) is 2.65. The molecule has 1 aliphatic rings. The van der Waals surface area contributed by atoms with Crippen LogP contribution in [-0.4, -0.2) is 23.4 Å². The van der Waals surface area contributed by atoms with E-state index in [0.717, 1.165) is 30.4 Å². The van der Waals surface area contributed by atoms with E-state index in [2.05, 4.69) is 10.1 Å². The number of aromatic nitrogens is 2. The quantitative estimate of drug-likeness (QED) is 0.833. The Labute approximate surface area is 104 Å². The van der Waals surface area contributed by atoms with Crippen LogP contribution in [0.3, 0.4) is 0 Å². The summed E-state index contributed by atoms with van der Waals surface area (Å²) in [6.07, 6.45) is 4.53. The van der Waals surface area contributed by atoms with Gasteiger partial charge in [0.2, 0.25) is 0 Å². The van der Waals surface area contributed by atoms with Crippen molar-refractivity contribution in [1.29, 1.82) is 0 Å². The predicted molar refractivity (Wildman–Crippen MR) is 64.8 cm³/mol. The van der Waals surface area contributed by atoms with E-state index in [1.165, 1.54) is 0 Å². The number of ether oxygens (including phenoxy) is 1. The molecule has 1 saturated heterocycles. The van der Waals surface area contributed by atoms with E-state index in [9.17, 15) is 0 Å². The SMILES string of the molecule is Cc1ccc(/C=C/c2nc([C@H]3CCOC3)no2)o1. The number of furan rings is 1. The highest BCUT2D eigenvalue weighted by Crippen LogP contribution is 2.22. The average molecular weight is 246 g/mol. The Morgan fingerprint density at radius 3 is 3.00 bits per heavy atom. The molecule has 18 heavy (non-hydrogen) atoms. The van der Waals surface area contributed by atoms with E-state index in [1.807, 2.05) is 25.1 Å². The van der Waals surface area contributed by atoms with E-state index in [0.29, 0.717) is 12.5 Å². The molecule has 0 amide bonds. The molecule has 1 aliphatic heterocycles. The Bertz CT molecular complexity index is 550. The summed E-state index contributed by atoms with van der Waals surface area (Å²) in [6, 6.07) is 3.81. The van der Waals surface area contributed by atoms with Crippen molar-refractivity contribution >= 4 is 12.2 Å². The maximum absolute atomic E-state index is 5.42. The molecule has 3 rings (SSSR count). The standard InChI is InChI=1S/C13H14N2O3/c1-9-2-3-11(17-9)4-5-12-14-13(15-18-12)10-6-7-16-8-10/h2-5,10H,6-8H2,1H3/b5-4+/t10-/m0/s1. The highest BCUT2D eigenvalue weighted by molar-refractivity contribution is 5.62. The van der Waals surface area contributed by atoms with Crippen LogP contribution in [0.4, 0.5) is 0 Å². The lowest BCUT2D eigenvalue weighted by Crippen LogP contribution is -1.99. The lowest BCUT2D eigenvalue weighted by molar-refractivity contribution is 0.192. The molecule has 0 radical (unpaired) electrons. The molecular formula is C13H14N2O3. The number of hydrogen-bond donors (Lipinski definition) is 0. The molecule has 0 saturated carbocycles. The monoisotopic (exact) mass is 246 g/mol. The van der Waals surface area contributed by atoms with Crippen molar-refractivity contribution in [2.24, 2.45) is 0 Å². The van der Waals surface area contributed by atoms with E-state index in [4.69, 9.17) is 13.7 Å². The highest BCUT2D eigenvalue weighted by Gasteiger charge is 2.22. The molecule has 2 aromatic heterocycles. The lowest BCUT2D eigenvalue weighted by Gasteiger charge is -1.97. The molecule has 0 unspecified atom stereocenters. The van der Waals surface area contributed by atoms with Crippen LogP contribution in [0.25, 0.3) is 12.2 Å². The molecule has 1 atom stereocenters. The van der Waals surface area contributed by atoms with Crippen molar-refractivity contribution in [2.45, 2.75) is 19.3 Å². The second-order valence-corrected chi connectivity index (χ2v) is 4.33. The molecular weight excluding hydrogens is 232 g/mol. The molecule has 3 heterocycles. The third-order valence-corrected chi connectivity index (χ3v) is 2.90. The van der Waals surface area contributed by atoms with Crippen LogP contribution in [0.5, 0.6) is 0 Å². The average Bonchev–Trinajstić information content (AvgIpc) is 3.07. The van der Waals surface area contributed by atoms with Gasteiger partial charge in [-0.2, -0.15) is 4.98 Å². The van der Waals surface area contributed by atoms with Crippen molar-refractivity contribution in [3.8, 4) is 0 Å². The summed E-state index contributed by atoms with van der Waals surface area (Å²) in [5.41, 5.74) is 0. The zero-order valence-corrected chi connectivity index (χ0v) is 10.1. The molecule has 0 spiro atoms. The molecule has 94 valence electrons. The van der Waals surface area contributed by atoms with Crippen molar-refractivity contribution in [3.63, 3.8) is 0 Å². The fraction of sp³-hybridized carbons (Fsp3) is 0.385. The number of rotatable bonds is 3. The fourth-order valence-corrected chi connectivity index (χ4v) is 1.92. The van der Waals surface area contributed by atoms with E-state index in [-0.39, 0.29) is 5.92 Å². The summed E-state index contributed by atoms with van der Waals surface area (Å²) in [6.45, 7) is 3.36. The lowest BCUT2D eigenvalue weighted by atomic mass is 10.1. The highest BCUT2D eigenvalue weighted by atomic mass is 16.5. The summed E-state index contributed by atoms with van der Waals surface area (Å²) in [5, 5.41) is 3.97. The molecule has 0 aromatic carbocycles. The number of nitrogens with zero attached hydrogens (tertiary/aromatic N) is 2. The third-order valence-electron chi connectivity index (χ3n) is 2.90. The van der Waals surface area contributed by atoms with Crippen molar-refractivity contribution < 1.29 is 13.7 Å². The van der Waals surface area contributed by atoms with Gasteiger partial charge in [0.05, 0.1) is 6.61 Å². The largest absolute Gasteiger partial charge is 0.462 e. The van der Waals surface area contributed by atoms with E-state index in [1.54, 1.807) is 6.08 Å². The summed E-state index contributed by atoms with van der Waals surface area (Å²) in [7, 11) is 0. The van der Waals surface area contributed by atoms with Gasteiger partial charge in [-0.05, 0) is 31.6 Å². The van der Waals surface area contributed by atoms with Gasteiger partial charge in [-0.1, -0.05) is 5.16 Å². The minimum atomic E-state index is 0.266. The number of hydrogen-bond acceptors (Lipinski definition) is 5. The Kier molecular flexibility index (Phi) is 2.98. The van der Waals surface area contributed by atoms with Gasteiger partial charge in [-0.15, -0.1) is 0 Å². The first-order chi connectivity index (χ1) is 8.81. The Balaban J connectivity index is 1.71. The van der Waals surface area contributed by atoms with Gasteiger partial charge in [0.1, 0.15) is 11.5 Å². The van der Waals surface area contributed by atoms with Crippen LogP contribution < -0.4 is 0 Å². The Morgan fingerprint density at radius 2 is 2.28 bits per heavy atom. The molecule has 0 N–H and O–H groups in total. The first kappa shape index (κ1) is 11.2. The zero-order chi connectivity index (χ0) is 12.4. The smallest absolute Gasteiger partial charge is 0.250 e. The first-order valence-corrected chi connectivity index (χ1v) is 5.97. The topological polar surface area (TPSA) is 61.3 Å². The van der Waals surface area contributed by atoms with E-state index >= 15 is 0 Å². The zero-order valence-electron chi connectivity index (χ0n) is 10.1.